The molecule has 3 N–H and O–H groups in total. The van der Waals surface area contributed by atoms with Crippen molar-refractivity contribution in [1.29, 1.82) is 0 Å². The Morgan fingerprint density at radius 1 is 0.974 bits per heavy atom. The molecule has 0 aliphatic rings. The molecule has 3 amide bonds. The predicted octanol–water partition coefficient (Wildman–Crippen LogP) is 6.53. The average molecular weight is 546 g/mol. The summed E-state index contributed by atoms with van der Waals surface area (Å²) in [6.45, 7) is 5.38. The number of urea groups is 1. The van der Waals surface area contributed by atoms with Gasteiger partial charge in [0.1, 0.15) is 29.0 Å². The first-order valence-corrected chi connectivity index (χ1v) is 12.9. The van der Waals surface area contributed by atoms with E-state index in [2.05, 4.69) is 31.0 Å². The van der Waals surface area contributed by atoms with Crippen LogP contribution in [0.25, 0.3) is 15.9 Å². The van der Waals surface area contributed by atoms with Crippen LogP contribution in [0.2, 0.25) is 0 Å². The summed E-state index contributed by atoms with van der Waals surface area (Å²) in [4.78, 5) is 32.5. The minimum Gasteiger partial charge on any atom is -0.457 e. The molecule has 5 aromatic rings. The Morgan fingerprint density at radius 2 is 1.79 bits per heavy atom. The Balaban J connectivity index is 1.31. The zero-order valence-corrected chi connectivity index (χ0v) is 22.0. The van der Waals surface area contributed by atoms with Gasteiger partial charge in [-0.25, -0.2) is 23.8 Å². The number of aromatic nitrogens is 4. The van der Waals surface area contributed by atoms with E-state index in [4.69, 9.17) is 4.74 Å². The quantitative estimate of drug-likeness (QED) is 0.214. The average Bonchev–Trinajstić information content (AvgIpc) is 3.52. The highest BCUT2D eigenvalue weighted by Crippen LogP contribution is 2.28. The number of rotatable bonds is 7. The smallest absolute Gasteiger partial charge is 0.324 e. The molecule has 0 atom stereocenters. The minimum atomic E-state index is -0.691. The third kappa shape index (κ3) is 6.02. The molecule has 0 fully saturated rings. The molecule has 10 nitrogen and oxygen atoms in total. The number of carbonyl (C=O) groups is 2. The van der Waals surface area contributed by atoms with Crippen LogP contribution in [-0.2, 0) is 4.79 Å². The Morgan fingerprint density at radius 3 is 2.56 bits per heavy atom. The van der Waals surface area contributed by atoms with Crippen molar-refractivity contribution in [2.75, 3.05) is 16.0 Å². The molecule has 0 saturated heterocycles. The molecule has 0 spiro atoms. The monoisotopic (exact) mass is 545 g/mol. The third-order valence-corrected chi connectivity index (χ3v) is 6.39. The van der Waals surface area contributed by atoms with E-state index in [0.717, 1.165) is 27.7 Å². The fraction of sp³-hybridized carbons (Fsp3) is 0.148. The molecule has 0 aliphatic heterocycles. The first kappa shape index (κ1) is 25.8. The highest BCUT2D eigenvalue weighted by atomic mass is 32.1. The van der Waals surface area contributed by atoms with Gasteiger partial charge in [-0.3, -0.25) is 10.1 Å². The number of carbonyl (C=O) groups excluding carboxylic acids is 2. The molecule has 0 bridgehead atoms. The van der Waals surface area contributed by atoms with Crippen molar-refractivity contribution in [1.82, 2.24) is 19.7 Å². The van der Waals surface area contributed by atoms with Crippen LogP contribution in [0.1, 0.15) is 32.4 Å². The van der Waals surface area contributed by atoms with Crippen LogP contribution in [0, 0.1) is 5.82 Å². The Kier molecular flexibility index (Phi) is 7.19. The van der Waals surface area contributed by atoms with Gasteiger partial charge in [-0.05, 0) is 42.3 Å². The van der Waals surface area contributed by atoms with E-state index in [9.17, 15) is 14.0 Å². The van der Waals surface area contributed by atoms with Gasteiger partial charge in [0, 0.05) is 31.3 Å². The van der Waals surface area contributed by atoms with Gasteiger partial charge in [-0.15, -0.1) is 11.3 Å². The number of ether oxygens (including phenoxy) is 1. The van der Waals surface area contributed by atoms with Crippen LogP contribution >= 0.6 is 11.3 Å². The van der Waals surface area contributed by atoms with Crippen LogP contribution in [0.5, 0.6) is 11.5 Å². The second-order valence-electron chi connectivity index (χ2n) is 8.91. The Bertz CT molecular complexity index is 1680. The molecular weight excluding hydrogens is 521 g/mol. The number of amides is 3. The lowest BCUT2D eigenvalue weighted by atomic mass is 10.1. The largest absolute Gasteiger partial charge is 0.457 e. The molecule has 5 rings (SSSR count). The van der Waals surface area contributed by atoms with E-state index < -0.39 is 11.8 Å². The van der Waals surface area contributed by atoms with Crippen molar-refractivity contribution >= 4 is 50.8 Å². The number of hydrogen-bond donors (Lipinski definition) is 3. The van der Waals surface area contributed by atoms with E-state index in [0.29, 0.717) is 17.4 Å². The van der Waals surface area contributed by atoms with Crippen molar-refractivity contribution in [2.45, 2.75) is 26.7 Å². The molecule has 39 heavy (non-hydrogen) atoms. The lowest BCUT2D eigenvalue weighted by Crippen LogP contribution is -2.22. The van der Waals surface area contributed by atoms with Crippen LogP contribution < -0.4 is 20.7 Å². The fourth-order valence-electron chi connectivity index (χ4n) is 3.74. The van der Waals surface area contributed by atoms with Crippen LogP contribution in [0.4, 0.5) is 26.5 Å². The Hall–Kier alpha value is -4.84. The molecule has 0 radical (unpaired) electrons. The third-order valence-electron chi connectivity index (χ3n) is 5.58. The summed E-state index contributed by atoms with van der Waals surface area (Å²) >= 11 is 1.54. The number of halogens is 1. The maximum atomic E-state index is 14.9. The summed E-state index contributed by atoms with van der Waals surface area (Å²) < 4.78 is 23.2. The molecule has 2 aromatic carbocycles. The molecule has 0 saturated carbocycles. The first-order chi connectivity index (χ1) is 18.7. The van der Waals surface area contributed by atoms with Crippen molar-refractivity contribution < 1.29 is 18.7 Å². The molecule has 3 aromatic heterocycles. The molecule has 0 aliphatic carbocycles. The van der Waals surface area contributed by atoms with Crippen molar-refractivity contribution in [3.63, 3.8) is 0 Å². The summed E-state index contributed by atoms with van der Waals surface area (Å²) in [6, 6.07) is 14.0. The van der Waals surface area contributed by atoms with Crippen molar-refractivity contribution in [2.24, 2.45) is 0 Å². The van der Waals surface area contributed by atoms with Gasteiger partial charge in [-0.1, -0.05) is 13.8 Å². The highest BCUT2D eigenvalue weighted by Gasteiger charge is 2.16. The van der Waals surface area contributed by atoms with Gasteiger partial charge >= 0.3 is 6.03 Å². The summed E-state index contributed by atoms with van der Waals surface area (Å²) in [6.07, 6.45) is 1.46. The molecular formula is C27H24FN7O3S. The van der Waals surface area contributed by atoms with E-state index in [1.165, 1.54) is 42.7 Å². The number of hydrogen-bond acceptors (Lipinski definition) is 7. The number of anilines is 3. The first-order valence-electron chi connectivity index (χ1n) is 12.0. The normalized spacial score (nSPS) is 11.0. The SMILES string of the molecule is CC(=O)Nc1cc(Oc2ccc(NC(=O)Nc3cc(C(C)C)nn3-c3ccc4scnc4c3)c(F)c2)ccn1. The summed E-state index contributed by atoms with van der Waals surface area (Å²) in [5.74, 6) is 0.456. The maximum Gasteiger partial charge on any atom is 0.324 e. The molecule has 3 heterocycles. The van der Waals surface area contributed by atoms with Gasteiger partial charge in [0.05, 0.1) is 32.8 Å². The topological polar surface area (TPSA) is 123 Å². The molecule has 12 heteroatoms. The van der Waals surface area contributed by atoms with E-state index in [-0.39, 0.29) is 23.3 Å². The van der Waals surface area contributed by atoms with Gasteiger partial charge in [0.2, 0.25) is 5.91 Å². The summed E-state index contributed by atoms with van der Waals surface area (Å²) in [7, 11) is 0. The number of nitrogens with one attached hydrogen (secondary N) is 3. The number of pyridine rings is 1. The minimum absolute atomic E-state index is 0.0347. The van der Waals surface area contributed by atoms with E-state index in [1.54, 1.807) is 22.3 Å². The van der Waals surface area contributed by atoms with Gasteiger partial charge in [0.15, 0.2) is 0 Å². The van der Waals surface area contributed by atoms with Crippen molar-refractivity contribution in [3.8, 4) is 17.2 Å². The van der Waals surface area contributed by atoms with Crippen molar-refractivity contribution in [3.05, 3.63) is 77.8 Å². The predicted molar refractivity (Wildman–Crippen MR) is 148 cm³/mol. The zero-order valence-electron chi connectivity index (χ0n) is 21.2. The second-order valence-corrected chi connectivity index (χ2v) is 9.79. The number of benzene rings is 2. The maximum absolute atomic E-state index is 14.9. The zero-order chi connectivity index (χ0) is 27.5. The lowest BCUT2D eigenvalue weighted by Gasteiger charge is -2.12. The standard InChI is InChI=1S/C27H24FN7O3S/c1-15(2)22-13-26(35(34-22)17-4-7-24-23(10-17)30-14-39-24)33-27(37)32-21-6-5-18(11-20(21)28)38-19-8-9-29-25(12-19)31-16(3)36/h4-15H,1-3H3,(H,29,31,36)(H2,32,33,37). The van der Waals surface area contributed by atoms with Crippen LogP contribution in [-0.4, -0.2) is 31.7 Å². The second kappa shape index (κ2) is 10.9. The highest BCUT2D eigenvalue weighted by molar-refractivity contribution is 7.16. The van der Waals surface area contributed by atoms with Gasteiger partial charge in [0.25, 0.3) is 0 Å². The lowest BCUT2D eigenvalue weighted by molar-refractivity contribution is -0.114. The van der Waals surface area contributed by atoms with E-state index in [1.807, 2.05) is 32.0 Å². The molecule has 0 unspecified atom stereocenters. The van der Waals surface area contributed by atoms with Crippen LogP contribution in [0.15, 0.2) is 66.3 Å². The number of thiazole rings is 1. The molecule has 198 valence electrons. The van der Waals surface area contributed by atoms with Crippen LogP contribution in [0.3, 0.4) is 0 Å². The summed E-state index contributed by atoms with van der Waals surface area (Å²) in [5.41, 5.74) is 4.09. The van der Waals surface area contributed by atoms with Gasteiger partial charge < -0.3 is 15.4 Å². The van der Waals surface area contributed by atoms with Gasteiger partial charge in [-0.2, -0.15) is 5.10 Å². The summed E-state index contributed by atoms with van der Waals surface area (Å²) in [5, 5.41) is 12.5. The van der Waals surface area contributed by atoms with E-state index >= 15 is 0 Å². The number of fused-ring (bicyclic) bond motifs is 1. The fourth-order valence-corrected chi connectivity index (χ4v) is 4.39. The number of nitrogens with zero attached hydrogens (tertiary/aromatic N) is 4. The Labute approximate surface area is 226 Å².